The Labute approximate surface area is 148 Å². The summed E-state index contributed by atoms with van der Waals surface area (Å²) in [7, 11) is 1.28. The molecule has 0 bridgehead atoms. The number of carbonyl (C=O) groups is 2. The van der Waals surface area contributed by atoms with Gasteiger partial charge in [0.2, 0.25) is 0 Å². The van der Waals surface area contributed by atoms with Crippen LogP contribution in [0.15, 0.2) is 30.3 Å². The summed E-state index contributed by atoms with van der Waals surface area (Å²) in [5.41, 5.74) is -0.321. The van der Waals surface area contributed by atoms with Crippen molar-refractivity contribution >= 4 is 11.9 Å². The van der Waals surface area contributed by atoms with Crippen LogP contribution in [0, 0.1) is 0 Å². The number of rotatable bonds is 3. The molecule has 0 N–H and O–H groups in total. The quantitative estimate of drug-likeness (QED) is 0.786. The first-order chi connectivity index (χ1) is 11.8. The molecule has 2 heterocycles. The summed E-state index contributed by atoms with van der Waals surface area (Å²) in [5.74, 6) is -1.87. The number of amides is 1. The summed E-state index contributed by atoms with van der Waals surface area (Å²) >= 11 is 0. The zero-order chi connectivity index (χ0) is 18.2. The van der Waals surface area contributed by atoms with Gasteiger partial charge in [0, 0.05) is 6.54 Å². The second-order valence-corrected chi connectivity index (χ2v) is 7.20. The van der Waals surface area contributed by atoms with Crippen LogP contribution in [0.25, 0.3) is 0 Å². The van der Waals surface area contributed by atoms with Crippen molar-refractivity contribution in [3.8, 4) is 0 Å². The van der Waals surface area contributed by atoms with E-state index in [-0.39, 0.29) is 11.9 Å². The molecule has 136 valence electrons. The second-order valence-electron chi connectivity index (χ2n) is 7.20. The highest BCUT2D eigenvalue weighted by Crippen LogP contribution is 2.41. The predicted octanol–water partition coefficient (Wildman–Crippen LogP) is 2.43. The SMILES string of the molecule is COC(=O)[C@@H]1OC(C)(C)O[C@@]1(C)C(=O)N1CCCC1c1ccccc1. The topological polar surface area (TPSA) is 65.1 Å². The number of benzene rings is 1. The number of esters is 1. The summed E-state index contributed by atoms with van der Waals surface area (Å²) in [6, 6.07) is 9.91. The maximum atomic E-state index is 13.4. The van der Waals surface area contributed by atoms with Gasteiger partial charge < -0.3 is 19.1 Å². The maximum Gasteiger partial charge on any atom is 0.338 e. The first kappa shape index (κ1) is 17.9. The molecule has 6 nitrogen and oxygen atoms in total. The molecule has 0 spiro atoms. The Morgan fingerprint density at radius 1 is 1.20 bits per heavy atom. The van der Waals surface area contributed by atoms with Crippen molar-refractivity contribution in [2.24, 2.45) is 0 Å². The van der Waals surface area contributed by atoms with E-state index in [4.69, 9.17) is 14.2 Å². The molecule has 0 saturated carbocycles. The molecule has 6 heteroatoms. The number of hydrogen-bond donors (Lipinski definition) is 0. The Hall–Kier alpha value is -1.92. The molecule has 1 amide bonds. The number of ether oxygens (including phenoxy) is 3. The van der Waals surface area contributed by atoms with Crippen molar-refractivity contribution in [3.05, 3.63) is 35.9 Å². The van der Waals surface area contributed by atoms with Crippen LogP contribution < -0.4 is 0 Å². The summed E-state index contributed by atoms with van der Waals surface area (Å²) < 4.78 is 16.4. The van der Waals surface area contributed by atoms with E-state index in [2.05, 4.69) is 0 Å². The zero-order valence-corrected chi connectivity index (χ0v) is 15.2. The minimum absolute atomic E-state index is 0.0175. The minimum Gasteiger partial charge on any atom is -0.467 e. The average molecular weight is 347 g/mol. The van der Waals surface area contributed by atoms with E-state index in [9.17, 15) is 9.59 Å². The van der Waals surface area contributed by atoms with E-state index in [1.165, 1.54) is 7.11 Å². The molecule has 1 aromatic carbocycles. The molecule has 2 saturated heterocycles. The van der Waals surface area contributed by atoms with Crippen LogP contribution in [0.2, 0.25) is 0 Å². The van der Waals surface area contributed by atoms with Gasteiger partial charge in [-0.3, -0.25) is 4.79 Å². The molecule has 2 aliphatic heterocycles. The van der Waals surface area contributed by atoms with Crippen molar-refractivity contribution in [3.63, 3.8) is 0 Å². The van der Waals surface area contributed by atoms with Crippen LogP contribution in [0.5, 0.6) is 0 Å². The lowest BCUT2D eigenvalue weighted by atomic mass is 9.95. The lowest BCUT2D eigenvalue weighted by molar-refractivity contribution is -0.178. The molecule has 0 aromatic heterocycles. The molecule has 0 radical (unpaired) electrons. The number of likely N-dealkylation sites (tertiary alicyclic amines) is 1. The highest BCUT2D eigenvalue weighted by molar-refractivity contribution is 5.93. The van der Waals surface area contributed by atoms with E-state index in [1.807, 2.05) is 30.3 Å². The van der Waals surface area contributed by atoms with Crippen LogP contribution in [-0.4, -0.2) is 47.9 Å². The number of hydrogen-bond acceptors (Lipinski definition) is 5. The van der Waals surface area contributed by atoms with E-state index in [0.29, 0.717) is 6.54 Å². The molecular weight excluding hydrogens is 322 g/mol. The first-order valence-corrected chi connectivity index (χ1v) is 8.60. The predicted molar refractivity (Wildman–Crippen MR) is 90.6 cm³/mol. The molecule has 3 atom stereocenters. The third kappa shape index (κ3) is 3.16. The van der Waals surface area contributed by atoms with E-state index in [0.717, 1.165) is 18.4 Å². The van der Waals surface area contributed by atoms with Gasteiger partial charge in [-0.15, -0.1) is 0 Å². The summed E-state index contributed by atoms with van der Waals surface area (Å²) in [6.07, 6.45) is 0.713. The Bertz CT molecular complexity index is 659. The molecule has 2 fully saturated rings. The van der Waals surface area contributed by atoms with Gasteiger partial charge in [-0.2, -0.15) is 0 Å². The average Bonchev–Trinajstić information content (AvgIpc) is 3.17. The fourth-order valence-electron chi connectivity index (χ4n) is 3.84. The largest absolute Gasteiger partial charge is 0.467 e. The molecule has 3 rings (SSSR count). The van der Waals surface area contributed by atoms with Gasteiger partial charge in [-0.05, 0) is 39.2 Å². The molecule has 1 aromatic rings. The Morgan fingerprint density at radius 2 is 1.88 bits per heavy atom. The lowest BCUT2D eigenvalue weighted by Gasteiger charge is -2.34. The monoisotopic (exact) mass is 347 g/mol. The van der Waals surface area contributed by atoms with Crippen molar-refractivity contribution in [2.75, 3.05) is 13.7 Å². The zero-order valence-electron chi connectivity index (χ0n) is 15.2. The summed E-state index contributed by atoms with van der Waals surface area (Å²) in [5, 5.41) is 0. The fraction of sp³-hybridized carbons (Fsp3) is 0.579. The van der Waals surface area contributed by atoms with Gasteiger partial charge in [0.1, 0.15) is 0 Å². The highest BCUT2D eigenvalue weighted by atomic mass is 16.8. The number of carbonyl (C=O) groups excluding carboxylic acids is 2. The standard InChI is InChI=1S/C19H25NO5/c1-18(2)24-15(16(21)23-4)19(3,25-18)17(22)20-12-8-11-14(20)13-9-6-5-7-10-13/h5-7,9-10,14-15H,8,11-12H2,1-4H3/t14?,15-,19+/m0/s1. The first-order valence-electron chi connectivity index (χ1n) is 8.60. The minimum atomic E-state index is -1.41. The van der Waals surface area contributed by atoms with E-state index >= 15 is 0 Å². The van der Waals surface area contributed by atoms with Crippen LogP contribution in [0.3, 0.4) is 0 Å². The summed E-state index contributed by atoms with van der Waals surface area (Å²) in [4.78, 5) is 27.4. The third-order valence-corrected chi connectivity index (χ3v) is 4.90. The fourth-order valence-corrected chi connectivity index (χ4v) is 3.84. The third-order valence-electron chi connectivity index (χ3n) is 4.90. The maximum absolute atomic E-state index is 13.4. The van der Waals surface area contributed by atoms with Crippen LogP contribution in [0.4, 0.5) is 0 Å². The molecular formula is C19H25NO5. The molecule has 1 unspecified atom stereocenters. The van der Waals surface area contributed by atoms with Crippen LogP contribution >= 0.6 is 0 Å². The molecule has 2 aliphatic rings. The van der Waals surface area contributed by atoms with Gasteiger partial charge in [-0.1, -0.05) is 30.3 Å². The van der Waals surface area contributed by atoms with E-state index in [1.54, 1.807) is 25.7 Å². The van der Waals surface area contributed by atoms with Gasteiger partial charge in [0.25, 0.3) is 5.91 Å². The Balaban J connectivity index is 1.91. The Morgan fingerprint density at radius 3 is 2.52 bits per heavy atom. The number of nitrogens with zero attached hydrogens (tertiary/aromatic N) is 1. The normalized spacial score (nSPS) is 31.1. The van der Waals surface area contributed by atoms with E-state index < -0.39 is 23.5 Å². The van der Waals surface area contributed by atoms with Crippen LogP contribution in [0.1, 0.15) is 45.2 Å². The lowest BCUT2D eigenvalue weighted by Crippen LogP contribution is -2.55. The highest BCUT2D eigenvalue weighted by Gasteiger charge is 2.60. The van der Waals surface area contributed by atoms with Crippen molar-refractivity contribution in [2.45, 2.75) is 57.1 Å². The smallest absolute Gasteiger partial charge is 0.338 e. The molecule has 0 aliphatic carbocycles. The van der Waals surface area contributed by atoms with Crippen molar-refractivity contribution in [1.82, 2.24) is 4.90 Å². The number of methoxy groups -OCH3 is 1. The van der Waals surface area contributed by atoms with Gasteiger partial charge in [-0.25, -0.2) is 4.79 Å². The molecule has 25 heavy (non-hydrogen) atoms. The second kappa shape index (κ2) is 6.42. The van der Waals surface area contributed by atoms with Crippen LogP contribution in [-0.2, 0) is 23.8 Å². The summed E-state index contributed by atoms with van der Waals surface area (Å²) in [6.45, 7) is 5.64. The van der Waals surface area contributed by atoms with Crippen molar-refractivity contribution in [1.29, 1.82) is 0 Å². The van der Waals surface area contributed by atoms with Gasteiger partial charge in [0.05, 0.1) is 13.2 Å². The van der Waals surface area contributed by atoms with Crippen molar-refractivity contribution < 1.29 is 23.8 Å². The Kier molecular flexibility index (Phi) is 4.60. The van der Waals surface area contributed by atoms with Gasteiger partial charge in [0.15, 0.2) is 17.5 Å². The van der Waals surface area contributed by atoms with Gasteiger partial charge >= 0.3 is 5.97 Å².